The van der Waals surface area contributed by atoms with Crippen molar-refractivity contribution in [3.05, 3.63) is 29.3 Å². The summed E-state index contributed by atoms with van der Waals surface area (Å²) in [6.07, 6.45) is -6.04. The SMILES string of the molecule is Cc1cccc(O)c1C(=O)NC(F)C(F)F. The Morgan fingerprint density at radius 3 is 2.50 bits per heavy atom. The second kappa shape index (κ2) is 4.87. The Bertz CT molecular complexity index is 375. The lowest BCUT2D eigenvalue weighted by atomic mass is 10.1. The molecule has 1 aromatic carbocycles. The molecule has 0 heterocycles. The van der Waals surface area contributed by atoms with Crippen molar-refractivity contribution in [2.45, 2.75) is 19.6 Å². The molecule has 0 saturated carbocycles. The fourth-order valence-electron chi connectivity index (χ4n) is 1.21. The molecule has 0 radical (unpaired) electrons. The van der Waals surface area contributed by atoms with Crippen LogP contribution in [-0.4, -0.2) is 23.7 Å². The van der Waals surface area contributed by atoms with E-state index in [1.54, 1.807) is 0 Å². The minimum absolute atomic E-state index is 0.203. The minimum atomic E-state index is -3.30. The summed E-state index contributed by atoms with van der Waals surface area (Å²) < 4.78 is 36.3. The molecule has 0 saturated heterocycles. The third-order valence-corrected chi connectivity index (χ3v) is 1.97. The lowest BCUT2D eigenvalue weighted by molar-refractivity contribution is 0.0285. The molecule has 1 rings (SSSR count). The summed E-state index contributed by atoms with van der Waals surface area (Å²) in [5.74, 6) is -1.44. The van der Waals surface area contributed by atoms with Gasteiger partial charge >= 0.3 is 0 Å². The number of amides is 1. The number of carbonyl (C=O) groups is 1. The third-order valence-electron chi connectivity index (χ3n) is 1.97. The van der Waals surface area contributed by atoms with Crippen LogP contribution in [0.2, 0.25) is 0 Å². The monoisotopic (exact) mass is 233 g/mol. The predicted octanol–water partition coefficient (Wildman–Crippen LogP) is 1.99. The molecule has 0 spiro atoms. The molecule has 0 aliphatic carbocycles. The molecule has 1 amide bonds. The zero-order valence-corrected chi connectivity index (χ0v) is 8.38. The number of alkyl halides is 3. The van der Waals surface area contributed by atoms with Crippen LogP contribution >= 0.6 is 0 Å². The maximum atomic E-state index is 12.6. The van der Waals surface area contributed by atoms with Crippen molar-refractivity contribution in [3.8, 4) is 5.75 Å². The first-order valence-corrected chi connectivity index (χ1v) is 4.45. The van der Waals surface area contributed by atoms with Crippen molar-refractivity contribution in [3.63, 3.8) is 0 Å². The maximum Gasteiger partial charge on any atom is 0.287 e. The standard InChI is InChI=1S/C10H10F3NO2/c1-5-3-2-4-6(15)7(5)10(16)14-9(13)8(11)12/h2-4,8-9,15H,1H3,(H,14,16). The molecule has 16 heavy (non-hydrogen) atoms. The Hall–Kier alpha value is -1.72. The smallest absolute Gasteiger partial charge is 0.287 e. The van der Waals surface area contributed by atoms with E-state index in [0.29, 0.717) is 5.56 Å². The Labute approximate surface area is 89.9 Å². The Morgan fingerprint density at radius 2 is 2.00 bits per heavy atom. The molecular weight excluding hydrogens is 223 g/mol. The van der Waals surface area contributed by atoms with Crippen LogP contribution < -0.4 is 5.32 Å². The topological polar surface area (TPSA) is 49.3 Å². The molecule has 1 aromatic rings. The van der Waals surface area contributed by atoms with Crippen LogP contribution in [0.4, 0.5) is 13.2 Å². The van der Waals surface area contributed by atoms with Gasteiger partial charge in [-0.15, -0.1) is 0 Å². The summed E-state index contributed by atoms with van der Waals surface area (Å²) in [6.45, 7) is 1.50. The second-order valence-electron chi connectivity index (χ2n) is 3.18. The van der Waals surface area contributed by atoms with Crippen molar-refractivity contribution in [1.29, 1.82) is 0 Å². The highest BCUT2D eigenvalue weighted by molar-refractivity contribution is 5.98. The number of benzene rings is 1. The number of phenolic OH excluding ortho intramolecular Hbond substituents is 1. The molecule has 0 aliphatic heterocycles. The lowest BCUT2D eigenvalue weighted by Crippen LogP contribution is -2.36. The van der Waals surface area contributed by atoms with Crippen molar-refractivity contribution in [2.75, 3.05) is 0 Å². The lowest BCUT2D eigenvalue weighted by Gasteiger charge is -2.12. The van der Waals surface area contributed by atoms with Crippen LogP contribution in [-0.2, 0) is 0 Å². The van der Waals surface area contributed by atoms with Gasteiger partial charge in [-0.1, -0.05) is 12.1 Å². The van der Waals surface area contributed by atoms with E-state index in [1.165, 1.54) is 30.4 Å². The maximum absolute atomic E-state index is 12.6. The number of halogens is 3. The van der Waals surface area contributed by atoms with Crippen LogP contribution in [0.5, 0.6) is 5.75 Å². The van der Waals surface area contributed by atoms with E-state index in [9.17, 15) is 23.1 Å². The number of hydrogen-bond donors (Lipinski definition) is 2. The Morgan fingerprint density at radius 1 is 1.38 bits per heavy atom. The summed E-state index contributed by atoms with van der Waals surface area (Å²) in [6, 6.07) is 4.21. The summed E-state index contributed by atoms with van der Waals surface area (Å²) >= 11 is 0. The van der Waals surface area contributed by atoms with Crippen molar-refractivity contribution in [2.24, 2.45) is 0 Å². The molecule has 88 valence electrons. The number of rotatable bonds is 3. The van der Waals surface area contributed by atoms with Gasteiger partial charge in [-0.3, -0.25) is 4.79 Å². The first-order chi connectivity index (χ1) is 7.43. The quantitative estimate of drug-likeness (QED) is 0.784. The summed E-state index contributed by atoms with van der Waals surface area (Å²) in [4.78, 5) is 11.4. The van der Waals surface area contributed by atoms with Crippen LogP contribution in [0.1, 0.15) is 15.9 Å². The number of aryl methyl sites for hydroxylation is 1. The third kappa shape index (κ3) is 2.65. The van der Waals surface area contributed by atoms with Gasteiger partial charge in [0.05, 0.1) is 5.56 Å². The molecule has 1 unspecified atom stereocenters. The van der Waals surface area contributed by atoms with Crippen molar-refractivity contribution in [1.82, 2.24) is 5.32 Å². The number of hydrogen-bond acceptors (Lipinski definition) is 2. The molecule has 0 fully saturated rings. The van der Waals surface area contributed by atoms with Crippen LogP contribution in [0.25, 0.3) is 0 Å². The van der Waals surface area contributed by atoms with Gasteiger partial charge in [-0.05, 0) is 18.6 Å². The van der Waals surface area contributed by atoms with Gasteiger partial charge in [0, 0.05) is 0 Å². The number of phenols is 1. The van der Waals surface area contributed by atoms with Crippen LogP contribution in [0.15, 0.2) is 18.2 Å². The molecule has 2 N–H and O–H groups in total. The van der Waals surface area contributed by atoms with Crippen molar-refractivity contribution >= 4 is 5.91 Å². The largest absolute Gasteiger partial charge is 0.507 e. The van der Waals surface area contributed by atoms with Gasteiger partial charge in [0.25, 0.3) is 12.3 Å². The fourth-order valence-corrected chi connectivity index (χ4v) is 1.21. The van der Waals surface area contributed by atoms with Gasteiger partial charge < -0.3 is 10.4 Å². The zero-order valence-electron chi connectivity index (χ0n) is 8.38. The highest BCUT2D eigenvalue weighted by Gasteiger charge is 2.23. The second-order valence-corrected chi connectivity index (χ2v) is 3.18. The molecule has 1 atom stereocenters. The fraction of sp³-hybridized carbons (Fsp3) is 0.300. The number of carbonyl (C=O) groups excluding carboxylic acids is 1. The van der Waals surface area contributed by atoms with E-state index in [4.69, 9.17) is 0 Å². The molecule has 0 bridgehead atoms. The molecular formula is C10H10F3NO2. The average Bonchev–Trinajstić information content (AvgIpc) is 2.16. The molecule has 0 aliphatic rings. The first kappa shape index (κ1) is 12.4. The summed E-state index contributed by atoms with van der Waals surface area (Å²) in [5, 5.41) is 10.8. The average molecular weight is 233 g/mol. The summed E-state index contributed by atoms with van der Waals surface area (Å²) in [5.41, 5.74) is 0.171. The molecule has 0 aromatic heterocycles. The highest BCUT2D eigenvalue weighted by Crippen LogP contribution is 2.20. The zero-order chi connectivity index (χ0) is 12.3. The number of aromatic hydroxyl groups is 1. The Kier molecular flexibility index (Phi) is 3.76. The van der Waals surface area contributed by atoms with E-state index in [2.05, 4.69) is 0 Å². The van der Waals surface area contributed by atoms with Crippen molar-refractivity contribution < 1.29 is 23.1 Å². The van der Waals surface area contributed by atoms with Crippen LogP contribution in [0.3, 0.4) is 0 Å². The normalized spacial score (nSPS) is 12.6. The van der Waals surface area contributed by atoms with E-state index in [1.807, 2.05) is 0 Å². The van der Waals surface area contributed by atoms with Gasteiger partial charge in [-0.25, -0.2) is 13.2 Å². The highest BCUT2D eigenvalue weighted by atomic mass is 19.3. The molecule has 6 heteroatoms. The van der Waals surface area contributed by atoms with Gasteiger partial charge in [-0.2, -0.15) is 0 Å². The van der Waals surface area contributed by atoms with E-state index >= 15 is 0 Å². The van der Waals surface area contributed by atoms with E-state index in [0.717, 1.165) is 0 Å². The number of nitrogens with one attached hydrogen (secondary N) is 1. The Balaban J connectivity index is 2.89. The predicted molar refractivity (Wildman–Crippen MR) is 51.2 cm³/mol. The summed E-state index contributed by atoms with van der Waals surface area (Å²) in [7, 11) is 0. The van der Waals surface area contributed by atoms with Gasteiger partial charge in [0.1, 0.15) is 5.75 Å². The van der Waals surface area contributed by atoms with Gasteiger partial charge in [0.15, 0.2) is 0 Å². The first-order valence-electron chi connectivity index (χ1n) is 4.45. The van der Waals surface area contributed by atoms with E-state index < -0.39 is 18.6 Å². The van der Waals surface area contributed by atoms with Gasteiger partial charge in [0.2, 0.25) is 6.30 Å². The van der Waals surface area contributed by atoms with E-state index in [-0.39, 0.29) is 11.3 Å². The minimum Gasteiger partial charge on any atom is -0.507 e. The molecule has 3 nitrogen and oxygen atoms in total. The van der Waals surface area contributed by atoms with Crippen LogP contribution in [0, 0.1) is 6.92 Å².